The van der Waals surface area contributed by atoms with E-state index in [4.69, 9.17) is 11.6 Å². The monoisotopic (exact) mass is 438 g/mol. The van der Waals surface area contributed by atoms with Gasteiger partial charge in [0.15, 0.2) is 0 Å². The molecular formula is C20H23ClN2O5S. The average molecular weight is 439 g/mol. The molecule has 9 heteroatoms. The Morgan fingerprint density at radius 2 is 1.86 bits per heavy atom. The largest absolute Gasteiger partial charge is 0.465 e. The van der Waals surface area contributed by atoms with Crippen molar-refractivity contribution in [3.05, 3.63) is 58.6 Å². The second-order valence-corrected chi connectivity index (χ2v) is 8.76. The van der Waals surface area contributed by atoms with Crippen molar-refractivity contribution in [3.8, 4) is 0 Å². The van der Waals surface area contributed by atoms with E-state index in [-0.39, 0.29) is 18.9 Å². The summed E-state index contributed by atoms with van der Waals surface area (Å²) in [6.07, 6.45) is 1.53. The van der Waals surface area contributed by atoms with Crippen LogP contribution in [-0.2, 0) is 19.6 Å². The topological polar surface area (TPSA) is 92.8 Å². The van der Waals surface area contributed by atoms with Gasteiger partial charge >= 0.3 is 5.97 Å². The predicted molar refractivity (Wildman–Crippen MR) is 114 cm³/mol. The van der Waals surface area contributed by atoms with Gasteiger partial charge < -0.3 is 10.1 Å². The second kappa shape index (κ2) is 9.76. The molecule has 0 saturated heterocycles. The SMILES string of the molecule is COC(=O)c1cccc(NC(=O)CCCN(c2cccc(Cl)c2C)S(C)(=O)=O)c1. The number of carbonyl (C=O) groups excluding carboxylic acids is 2. The molecular weight excluding hydrogens is 416 g/mol. The van der Waals surface area contributed by atoms with E-state index in [9.17, 15) is 18.0 Å². The van der Waals surface area contributed by atoms with Crippen LogP contribution in [0.3, 0.4) is 0 Å². The third-order valence-corrected chi connectivity index (χ3v) is 5.83. The number of amides is 1. The molecule has 1 amide bonds. The number of esters is 1. The second-order valence-electron chi connectivity index (χ2n) is 6.44. The zero-order valence-corrected chi connectivity index (χ0v) is 18.0. The summed E-state index contributed by atoms with van der Waals surface area (Å²) in [5, 5.41) is 3.17. The van der Waals surface area contributed by atoms with Crippen LogP contribution in [0, 0.1) is 6.92 Å². The maximum absolute atomic E-state index is 12.2. The van der Waals surface area contributed by atoms with Crippen LogP contribution in [0.1, 0.15) is 28.8 Å². The molecule has 0 saturated carbocycles. The van der Waals surface area contributed by atoms with Crippen molar-refractivity contribution in [2.75, 3.05) is 29.5 Å². The van der Waals surface area contributed by atoms with Crippen molar-refractivity contribution in [3.63, 3.8) is 0 Å². The highest BCUT2D eigenvalue weighted by atomic mass is 35.5. The number of halogens is 1. The minimum absolute atomic E-state index is 0.105. The molecule has 2 aromatic carbocycles. The zero-order chi connectivity index (χ0) is 21.6. The first-order valence-electron chi connectivity index (χ1n) is 8.84. The fraction of sp³-hybridized carbons (Fsp3) is 0.300. The molecule has 1 N–H and O–H groups in total. The van der Waals surface area contributed by atoms with Gasteiger partial charge in [0.25, 0.3) is 0 Å². The van der Waals surface area contributed by atoms with Gasteiger partial charge in [0.1, 0.15) is 0 Å². The third-order valence-electron chi connectivity index (χ3n) is 4.24. The lowest BCUT2D eigenvalue weighted by Crippen LogP contribution is -2.32. The normalized spacial score (nSPS) is 11.0. The van der Waals surface area contributed by atoms with Crippen LogP contribution in [0.15, 0.2) is 42.5 Å². The van der Waals surface area contributed by atoms with Gasteiger partial charge in [-0.3, -0.25) is 9.10 Å². The molecule has 0 fully saturated rings. The van der Waals surface area contributed by atoms with Gasteiger partial charge in [-0.25, -0.2) is 13.2 Å². The summed E-state index contributed by atoms with van der Waals surface area (Å²) in [4.78, 5) is 23.8. The molecule has 2 aromatic rings. The summed E-state index contributed by atoms with van der Waals surface area (Å²) in [6.45, 7) is 1.88. The van der Waals surface area contributed by atoms with E-state index >= 15 is 0 Å². The number of nitrogens with zero attached hydrogens (tertiary/aromatic N) is 1. The van der Waals surface area contributed by atoms with Crippen LogP contribution < -0.4 is 9.62 Å². The first kappa shape index (κ1) is 22.7. The number of sulfonamides is 1. The zero-order valence-electron chi connectivity index (χ0n) is 16.4. The first-order valence-corrected chi connectivity index (χ1v) is 11.1. The summed E-state index contributed by atoms with van der Waals surface area (Å²) in [5.74, 6) is -0.787. The highest BCUT2D eigenvalue weighted by Gasteiger charge is 2.20. The summed E-state index contributed by atoms with van der Waals surface area (Å²) in [7, 11) is -2.26. The van der Waals surface area contributed by atoms with Crippen molar-refractivity contribution >= 4 is 44.9 Å². The number of benzene rings is 2. The molecule has 0 spiro atoms. The van der Waals surface area contributed by atoms with Crippen molar-refractivity contribution in [2.24, 2.45) is 0 Å². The smallest absolute Gasteiger partial charge is 0.337 e. The van der Waals surface area contributed by atoms with E-state index < -0.39 is 16.0 Å². The van der Waals surface area contributed by atoms with Crippen molar-refractivity contribution in [1.29, 1.82) is 0 Å². The Kier molecular flexibility index (Phi) is 7.64. The molecule has 7 nitrogen and oxygen atoms in total. The Balaban J connectivity index is 2.02. The molecule has 0 radical (unpaired) electrons. The maximum Gasteiger partial charge on any atom is 0.337 e. The van der Waals surface area contributed by atoms with Gasteiger partial charge in [-0.15, -0.1) is 0 Å². The van der Waals surface area contributed by atoms with E-state index in [1.165, 1.54) is 17.5 Å². The number of hydrogen-bond donors (Lipinski definition) is 1. The summed E-state index contributed by atoms with van der Waals surface area (Å²) in [5.41, 5.74) is 1.93. The van der Waals surface area contributed by atoms with Crippen molar-refractivity contribution in [2.45, 2.75) is 19.8 Å². The molecule has 0 aliphatic heterocycles. The van der Waals surface area contributed by atoms with Crippen LogP contribution >= 0.6 is 11.6 Å². The van der Waals surface area contributed by atoms with Crippen LogP contribution in [0.4, 0.5) is 11.4 Å². The van der Waals surface area contributed by atoms with Crippen LogP contribution in [0.25, 0.3) is 0 Å². The lowest BCUT2D eigenvalue weighted by Gasteiger charge is -2.24. The number of rotatable bonds is 8. The highest BCUT2D eigenvalue weighted by molar-refractivity contribution is 7.92. The van der Waals surface area contributed by atoms with Gasteiger partial charge in [-0.05, 0) is 49.2 Å². The average Bonchev–Trinajstić information content (AvgIpc) is 2.66. The van der Waals surface area contributed by atoms with Gasteiger partial charge in [0.05, 0.1) is 24.6 Å². The molecule has 156 valence electrons. The summed E-state index contributed by atoms with van der Waals surface area (Å²) in [6, 6.07) is 11.4. The van der Waals surface area contributed by atoms with Crippen molar-refractivity contribution < 1.29 is 22.7 Å². The minimum Gasteiger partial charge on any atom is -0.465 e. The van der Waals surface area contributed by atoms with Gasteiger partial charge in [0, 0.05) is 23.7 Å². The van der Waals surface area contributed by atoms with E-state index in [1.807, 2.05) is 0 Å². The quantitative estimate of drug-likeness (QED) is 0.635. The Bertz CT molecular complexity index is 1010. The number of carbonyl (C=O) groups is 2. The number of hydrogen-bond acceptors (Lipinski definition) is 5. The lowest BCUT2D eigenvalue weighted by molar-refractivity contribution is -0.116. The van der Waals surface area contributed by atoms with Crippen LogP contribution in [0.2, 0.25) is 5.02 Å². The van der Waals surface area contributed by atoms with Crippen LogP contribution in [-0.4, -0.2) is 40.2 Å². The summed E-state index contributed by atoms with van der Waals surface area (Å²) >= 11 is 6.11. The number of anilines is 2. The Hall–Kier alpha value is -2.58. The molecule has 0 atom stereocenters. The standard InChI is InChI=1S/C20H23ClN2O5S/c1-14-17(21)9-5-10-18(14)23(29(3,26)27)12-6-11-19(24)22-16-8-4-7-15(13-16)20(25)28-2/h4-5,7-10,13H,6,11-12H2,1-3H3,(H,22,24). The number of methoxy groups -OCH3 is 1. The van der Waals surface area contributed by atoms with E-state index in [0.29, 0.717) is 33.9 Å². The Labute approximate surface area is 175 Å². The molecule has 0 aliphatic carbocycles. The van der Waals surface area contributed by atoms with E-state index in [0.717, 1.165) is 6.26 Å². The Morgan fingerprint density at radius 1 is 1.17 bits per heavy atom. The molecule has 0 unspecified atom stereocenters. The predicted octanol–water partition coefficient (Wildman–Crippen LogP) is 3.62. The van der Waals surface area contributed by atoms with Gasteiger partial charge in [-0.2, -0.15) is 0 Å². The van der Waals surface area contributed by atoms with Crippen LogP contribution in [0.5, 0.6) is 0 Å². The molecule has 0 aromatic heterocycles. The molecule has 0 aliphatic rings. The molecule has 29 heavy (non-hydrogen) atoms. The summed E-state index contributed by atoms with van der Waals surface area (Å²) < 4.78 is 30.4. The van der Waals surface area contributed by atoms with E-state index in [2.05, 4.69) is 10.1 Å². The maximum atomic E-state index is 12.2. The lowest BCUT2D eigenvalue weighted by atomic mass is 10.2. The Morgan fingerprint density at radius 3 is 2.52 bits per heavy atom. The molecule has 2 rings (SSSR count). The fourth-order valence-electron chi connectivity index (χ4n) is 2.78. The third kappa shape index (κ3) is 6.20. The van der Waals surface area contributed by atoms with Gasteiger partial charge in [-0.1, -0.05) is 23.7 Å². The van der Waals surface area contributed by atoms with E-state index in [1.54, 1.807) is 43.3 Å². The first-order chi connectivity index (χ1) is 13.6. The minimum atomic E-state index is -3.54. The highest BCUT2D eigenvalue weighted by Crippen LogP contribution is 2.28. The number of ether oxygens (including phenoxy) is 1. The molecule has 0 heterocycles. The number of nitrogens with one attached hydrogen (secondary N) is 1. The van der Waals surface area contributed by atoms with Gasteiger partial charge in [0.2, 0.25) is 15.9 Å². The fourth-order valence-corrected chi connectivity index (χ4v) is 3.97. The molecule has 0 bridgehead atoms. The van der Waals surface area contributed by atoms with Crippen molar-refractivity contribution in [1.82, 2.24) is 0 Å².